The van der Waals surface area contributed by atoms with Crippen LogP contribution in [0.4, 0.5) is 0 Å². The first kappa shape index (κ1) is 19.0. The van der Waals surface area contributed by atoms with Gasteiger partial charge in [-0.2, -0.15) is 5.70 Å². The monoisotopic (exact) mass is 450 g/mol. The van der Waals surface area contributed by atoms with Crippen LogP contribution in [0.1, 0.15) is 51.9 Å². The average Bonchev–Trinajstić information content (AvgIpc) is 3.41. The molecule has 0 bridgehead atoms. The zero-order valence-corrected chi connectivity index (χ0v) is 18.0. The fourth-order valence-corrected chi connectivity index (χ4v) is 13.9. The van der Waals surface area contributed by atoms with Gasteiger partial charge in [-0.25, -0.2) is 0 Å². The summed E-state index contributed by atoms with van der Waals surface area (Å²) in [6.45, 7) is 4.07. The van der Waals surface area contributed by atoms with Crippen LogP contribution in [0, 0.1) is 0 Å². The Balaban J connectivity index is 0.000000164. The Morgan fingerprint density at radius 2 is 2.05 bits per heavy atom. The van der Waals surface area contributed by atoms with Gasteiger partial charge in [0.15, 0.2) is 0 Å². The van der Waals surface area contributed by atoms with Crippen molar-refractivity contribution in [1.29, 1.82) is 0 Å². The van der Waals surface area contributed by atoms with Gasteiger partial charge in [0.25, 0.3) is 0 Å². The van der Waals surface area contributed by atoms with Crippen molar-refractivity contribution in [3.05, 3.63) is 34.6 Å². The van der Waals surface area contributed by atoms with E-state index in [9.17, 15) is 0 Å². The molecule has 0 spiro atoms. The number of nitrogens with zero attached hydrogens (tertiary/aromatic N) is 2. The minimum atomic E-state index is -2.44. The van der Waals surface area contributed by atoms with E-state index in [0.717, 1.165) is 17.0 Å². The quantitative estimate of drug-likeness (QED) is 0.422. The Morgan fingerprint density at radius 1 is 1.23 bits per heavy atom. The summed E-state index contributed by atoms with van der Waals surface area (Å²) in [5.74, 6) is 0. The normalized spacial score (nSPS) is 24.9. The molecule has 1 saturated carbocycles. The number of piperidine rings is 1. The Morgan fingerprint density at radius 3 is 2.59 bits per heavy atom. The number of unbranched alkanes of at least 4 members (excludes halogenated alkanes) is 1. The number of hydrogen-bond acceptors (Lipinski definition) is 0. The molecule has 3 rings (SSSR count). The third-order valence-corrected chi connectivity index (χ3v) is 19.0. The molecule has 2 heterocycles. The summed E-state index contributed by atoms with van der Waals surface area (Å²) in [6, 6.07) is 0.406. The zero-order valence-electron chi connectivity index (χ0n) is 13.6. The van der Waals surface area contributed by atoms with Crippen LogP contribution in [-0.4, -0.2) is 35.3 Å². The molecular formula is C17H28Cl2N2Sn-2. The van der Waals surface area contributed by atoms with Crippen LogP contribution in [0.3, 0.4) is 0 Å². The van der Waals surface area contributed by atoms with Gasteiger partial charge in [-0.15, -0.1) is 25.2 Å². The molecular weight excluding hydrogens is 422 g/mol. The molecule has 0 amide bonds. The van der Waals surface area contributed by atoms with Crippen molar-refractivity contribution in [2.45, 2.75) is 66.3 Å². The molecule has 22 heavy (non-hydrogen) atoms. The van der Waals surface area contributed by atoms with Gasteiger partial charge in [-0.3, -0.25) is 0 Å². The van der Waals surface area contributed by atoms with E-state index < -0.39 is 16.1 Å². The molecule has 0 radical (unpaired) electrons. The molecule has 2 aliphatic heterocycles. The SMILES string of the molecule is C1=CC[N-]C(C2CCCC[N-]2)=C1.CCC[CH2][Sn]([Cl])([Cl])[CH]1CC1. The third-order valence-electron chi connectivity index (χ3n) is 4.40. The molecule has 1 saturated heterocycles. The van der Waals surface area contributed by atoms with E-state index in [2.05, 4.69) is 35.8 Å². The second-order valence-electron chi connectivity index (χ2n) is 6.42. The molecule has 1 aliphatic carbocycles. The molecule has 0 aromatic carbocycles. The fraction of sp³-hybridized carbons (Fsp3) is 0.765. The standard InChI is InChI=1S/C10H14N2.C4H9.C3H5.2ClH.Sn/c1-3-7-11-9(5-1)10-6-2-4-8-12-10;1-3-4-2;1-2-3-1;;;/h1,3,5,10H,2,4,6-8H2;1,3-4H2,2H3;1H,2-3H2;2*1H;/q-2;;;;;+2/p-2. The fourth-order valence-electron chi connectivity index (χ4n) is 2.81. The summed E-state index contributed by atoms with van der Waals surface area (Å²) >= 11 is -2.44. The Hall–Kier alpha value is 0.619. The number of rotatable bonds is 5. The molecule has 2 nitrogen and oxygen atoms in total. The van der Waals surface area contributed by atoms with Crippen molar-refractivity contribution in [2.24, 2.45) is 0 Å². The average molecular weight is 450 g/mol. The van der Waals surface area contributed by atoms with Gasteiger partial charge in [-0.1, -0.05) is 31.4 Å². The van der Waals surface area contributed by atoms with Crippen molar-refractivity contribution < 1.29 is 0 Å². The van der Waals surface area contributed by atoms with Crippen molar-refractivity contribution in [3.8, 4) is 0 Å². The first-order valence-electron chi connectivity index (χ1n) is 8.72. The van der Waals surface area contributed by atoms with Gasteiger partial charge in [0, 0.05) is 0 Å². The van der Waals surface area contributed by atoms with Crippen molar-refractivity contribution in [1.82, 2.24) is 0 Å². The van der Waals surface area contributed by atoms with Crippen LogP contribution in [0.15, 0.2) is 23.9 Å². The van der Waals surface area contributed by atoms with Crippen LogP contribution >= 0.6 is 17.8 Å². The molecule has 1 atom stereocenters. The molecule has 1 unspecified atom stereocenters. The predicted molar refractivity (Wildman–Crippen MR) is 101 cm³/mol. The molecule has 0 aromatic heterocycles. The first-order chi connectivity index (χ1) is 10.6. The third kappa shape index (κ3) is 6.62. The van der Waals surface area contributed by atoms with Crippen molar-refractivity contribution >= 4 is 34.0 Å². The van der Waals surface area contributed by atoms with E-state index in [0.29, 0.717) is 6.04 Å². The number of hydrogen-bond donors (Lipinski definition) is 0. The molecule has 2 fully saturated rings. The van der Waals surface area contributed by atoms with Crippen molar-refractivity contribution in [3.63, 3.8) is 0 Å². The molecule has 126 valence electrons. The molecule has 3 aliphatic rings. The first-order valence-corrected chi connectivity index (χ1v) is 19.6. The Labute approximate surface area is 147 Å². The number of allylic oxidation sites excluding steroid dienone is 2. The van der Waals surface area contributed by atoms with Crippen LogP contribution in [0.2, 0.25) is 8.37 Å². The van der Waals surface area contributed by atoms with E-state index in [1.165, 1.54) is 55.1 Å². The summed E-state index contributed by atoms with van der Waals surface area (Å²) in [5, 5.41) is 8.99. The van der Waals surface area contributed by atoms with E-state index in [4.69, 9.17) is 17.8 Å². The Kier molecular flexibility index (Phi) is 8.44. The molecule has 0 N–H and O–H groups in total. The van der Waals surface area contributed by atoms with E-state index >= 15 is 0 Å². The summed E-state index contributed by atoms with van der Waals surface area (Å²) in [5.41, 5.74) is 1.19. The van der Waals surface area contributed by atoms with Crippen LogP contribution in [-0.2, 0) is 0 Å². The van der Waals surface area contributed by atoms with Gasteiger partial charge in [-0.05, 0) is 0 Å². The second-order valence-corrected chi connectivity index (χ2v) is 24.9. The van der Waals surface area contributed by atoms with Gasteiger partial charge < -0.3 is 10.6 Å². The van der Waals surface area contributed by atoms with Crippen molar-refractivity contribution in [2.75, 3.05) is 13.1 Å². The number of halogens is 2. The van der Waals surface area contributed by atoms with E-state index in [1.807, 2.05) is 0 Å². The van der Waals surface area contributed by atoms with Gasteiger partial charge in [0.1, 0.15) is 0 Å². The molecule has 5 heteroatoms. The van der Waals surface area contributed by atoms with E-state index in [1.54, 1.807) is 0 Å². The topological polar surface area (TPSA) is 28.2 Å². The Bertz CT molecular complexity index is 386. The minimum absolute atomic E-state index is 0.406. The van der Waals surface area contributed by atoms with Crippen LogP contribution in [0.25, 0.3) is 10.6 Å². The van der Waals surface area contributed by atoms with Crippen LogP contribution in [0.5, 0.6) is 0 Å². The second kappa shape index (κ2) is 9.80. The summed E-state index contributed by atoms with van der Waals surface area (Å²) in [6.07, 6.45) is 15.2. The van der Waals surface area contributed by atoms with Gasteiger partial charge in [0.05, 0.1) is 0 Å². The van der Waals surface area contributed by atoms with Crippen LogP contribution < -0.4 is 0 Å². The molecule has 0 aromatic rings. The summed E-state index contributed by atoms with van der Waals surface area (Å²) < 4.78 is 1.99. The predicted octanol–water partition coefficient (Wildman–Crippen LogP) is 6.61. The van der Waals surface area contributed by atoms with E-state index in [-0.39, 0.29) is 0 Å². The summed E-state index contributed by atoms with van der Waals surface area (Å²) in [4.78, 5) is 0. The summed E-state index contributed by atoms with van der Waals surface area (Å²) in [7, 11) is 12.6. The maximum absolute atomic E-state index is 6.29. The van der Waals surface area contributed by atoms with Gasteiger partial charge >= 0.3 is 74.9 Å². The van der Waals surface area contributed by atoms with Gasteiger partial charge in [0.2, 0.25) is 0 Å². The maximum atomic E-state index is 6.29. The zero-order chi connectivity index (χ0) is 15.8.